The SMILES string of the molecule is O=C1CC(c2ccsc2)(c2cccc(Nc3nccs3)n2)N(S)C(=O)C1c1ccccc1Cl. The molecule has 1 amide bonds. The molecule has 2 atom stereocenters. The summed E-state index contributed by atoms with van der Waals surface area (Å²) in [7, 11) is 0. The van der Waals surface area contributed by atoms with E-state index in [4.69, 9.17) is 16.6 Å². The first-order chi connectivity index (χ1) is 16.0. The number of halogens is 1. The molecule has 4 aromatic rings. The van der Waals surface area contributed by atoms with Crippen molar-refractivity contribution in [3.05, 3.63) is 92.7 Å². The Hall–Kier alpha value is -2.72. The summed E-state index contributed by atoms with van der Waals surface area (Å²) in [6.07, 6.45) is 1.72. The lowest BCUT2D eigenvalue weighted by molar-refractivity contribution is -0.142. The average Bonchev–Trinajstić information content (AvgIpc) is 3.53. The molecule has 0 aliphatic carbocycles. The number of Topliss-reactive ketones (excluding diaryl/α,β-unsaturated/α-hetero) is 1. The van der Waals surface area contributed by atoms with Crippen LogP contribution in [-0.4, -0.2) is 26.0 Å². The Kier molecular flexibility index (Phi) is 5.96. The second-order valence-electron chi connectivity index (χ2n) is 7.49. The zero-order chi connectivity index (χ0) is 23.0. The van der Waals surface area contributed by atoms with Crippen molar-refractivity contribution in [2.75, 3.05) is 5.32 Å². The van der Waals surface area contributed by atoms with E-state index in [1.54, 1.807) is 30.5 Å². The van der Waals surface area contributed by atoms with Crippen molar-refractivity contribution >= 4 is 69.7 Å². The Labute approximate surface area is 208 Å². The van der Waals surface area contributed by atoms with Crippen LogP contribution in [0.4, 0.5) is 10.9 Å². The molecule has 4 heterocycles. The number of aromatic nitrogens is 2. The van der Waals surface area contributed by atoms with E-state index in [-0.39, 0.29) is 12.2 Å². The predicted molar refractivity (Wildman–Crippen MR) is 134 cm³/mol. The highest BCUT2D eigenvalue weighted by Crippen LogP contribution is 2.48. The Morgan fingerprint density at radius 2 is 1.97 bits per heavy atom. The van der Waals surface area contributed by atoms with Gasteiger partial charge in [-0.1, -0.05) is 48.7 Å². The van der Waals surface area contributed by atoms with E-state index in [1.165, 1.54) is 27.0 Å². The number of hydrogen-bond donors (Lipinski definition) is 2. The molecule has 0 saturated carbocycles. The molecule has 1 aliphatic heterocycles. The number of benzene rings is 1. The average molecular weight is 513 g/mol. The van der Waals surface area contributed by atoms with Crippen LogP contribution in [0.2, 0.25) is 5.02 Å². The van der Waals surface area contributed by atoms with E-state index in [9.17, 15) is 9.59 Å². The van der Waals surface area contributed by atoms with Gasteiger partial charge in [-0.25, -0.2) is 9.97 Å². The maximum absolute atomic E-state index is 13.6. The van der Waals surface area contributed by atoms with E-state index >= 15 is 0 Å². The fourth-order valence-corrected chi connectivity index (χ4v) is 6.00. The van der Waals surface area contributed by atoms with Gasteiger partial charge in [-0.05, 0) is 46.2 Å². The van der Waals surface area contributed by atoms with Gasteiger partial charge in [0.2, 0.25) is 5.91 Å². The van der Waals surface area contributed by atoms with Gasteiger partial charge < -0.3 is 5.32 Å². The number of carbonyl (C=O) groups excluding carboxylic acids is 2. The smallest absolute Gasteiger partial charge is 0.248 e. The number of piperidine rings is 1. The number of amides is 1. The third kappa shape index (κ3) is 3.85. The lowest BCUT2D eigenvalue weighted by Crippen LogP contribution is -2.54. The van der Waals surface area contributed by atoms with Gasteiger partial charge >= 0.3 is 0 Å². The molecule has 0 bridgehead atoms. The van der Waals surface area contributed by atoms with Gasteiger partial charge in [-0.15, -0.1) is 11.3 Å². The normalized spacial score (nSPS) is 20.8. The molecule has 0 radical (unpaired) electrons. The molecule has 10 heteroatoms. The summed E-state index contributed by atoms with van der Waals surface area (Å²) in [5.74, 6) is -1.12. The molecule has 166 valence electrons. The summed E-state index contributed by atoms with van der Waals surface area (Å²) < 4.78 is 1.35. The highest BCUT2D eigenvalue weighted by atomic mass is 35.5. The topological polar surface area (TPSA) is 75.2 Å². The number of thiophene rings is 1. The number of nitrogens with one attached hydrogen (secondary N) is 1. The zero-order valence-electron chi connectivity index (χ0n) is 17.0. The Balaban J connectivity index is 1.61. The second kappa shape index (κ2) is 8.90. The number of pyridine rings is 1. The van der Waals surface area contributed by atoms with Crippen LogP contribution < -0.4 is 5.32 Å². The Morgan fingerprint density at radius 1 is 1.12 bits per heavy atom. The fourth-order valence-electron chi connectivity index (χ4n) is 4.09. The molecule has 3 aromatic heterocycles. The molecule has 1 aromatic carbocycles. The summed E-state index contributed by atoms with van der Waals surface area (Å²) in [6, 6.07) is 14.3. The minimum absolute atomic E-state index is 0.0164. The van der Waals surface area contributed by atoms with Crippen molar-refractivity contribution in [1.82, 2.24) is 14.3 Å². The van der Waals surface area contributed by atoms with Crippen LogP contribution in [0, 0.1) is 0 Å². The number of thiazole rings is 1. The lowest BCUT2D eigenvalue weighted by Gasteiger charge is -2.45. The van der Waals surface area contributed by atoms with Crippen molar-refractivity contribution < 1.29 is 9.59 Å². The van der Waals surface area contributed by atoms with Gasteiger partial charge in [0.15, 0.2) is 10.9 Å². The van der Waals surface area contributed by atoms with E-state index in [2.05, 4.69) is 23.1 Å². The Morgan fingerprint density at radius 3 is 2.70 bits per heavy atom. The van der Waals surface area contributed by atoms with Crippen molar-refractivity contribution in [2.45, 2.75) is 17.9 Å². The van der Waals surface area contributed by atoms with Crippen molar-refractivity contribution in [1.29, 1.82) is 0 Å². The maximum Gasteiger partial charge on any atom is 0.248 e. The quantitative estimate of drug-likeness (QED) is 0.266. The molecule has 33 heavy (non-hydrogen) atoms. The van der Waals surface area contributed by atoms with Crippen LogP contribution in [-0.2, 0) is 15.1 Å². The monoisotopic (exact) mass is 512 g/mol. The number of nitrogens with zero attached hydrogens (tertiary/aromatic N) is 3. The molecule has 5 rings (SSSR count). The number of carbonyl (C=O) groups is 2. The first kappa shape index (κ1) is 22.1. The first-order valence-corrected chi connectivity index (χ1v) is 12.6. The molecule has 0 spiro atoms. The van der Waals surface area contributed by atoms with Gasteiger partial charge in [-0.2, -0.15) is 11.3 Å². The zero-order valence-corrected chi connectivity index (χ0v) is 20.3. The largest absolute Gasteiger partial charge is 0.316 e. The van der Waals surface area contributed by atoms with E-state index in [0.717, 1.165) is 5.56 Å². The number of thiol groups is 1. The van der Waals surface area contributed by atoms with Gasteiger partial charge in [0.05, 0.1) is 5.69 Å². The molecular formula is C23H17ClN4O2S3. The number of rotatable bonds is 5. The summed E-state index contributed by atoms with van der Waals surface area (Å²) in [5.41, 5.74) is 0.645. The molecule has 1 fully saturated rings. The summed E-state index contributed by atoms with van der Waals surface area (Å²) in [4.78, 5) is 36.2. The van der Waals surface area contributed by atoms with Crippen LogP contribution in [0.3, 0.4) is 0 Å². The predicted octanol–water partition coefficient (Wildman–Crippen LogP) is 5.67. The molecule has 6 nitrogen and oxygen atoms in total. The van der Waals surface area contributed by atoms with E-state index in [0.29, 0.717) is 27.2 Å². The highest BCUT2D eigenvalue weighted by Gasteiger charge is 2.53. The van der Waals surface area contributed by atoms with Crippen LogP contribution in [0.1, 0.15) is 29.2 Å². The van der Waals surface area contributed by atoms with Gasteiger partial charge in [0.1, 0.15) is 17.3 Å². The van der Waals surface area contributed by atoms with Gasteiger partial charge in [-0.3, -0.25) is 13.9 Å². The van der Waals surface area contributed by atoms with Crippen LogP contribution in [0.15, 0.2) is 70.9 Å². The number of hydrogen-bond acceptors (Lipinski definition) is 8. The third-order valence-corrected chi connectivity index (χ3v) is 7.88. The number of ketones is 1. The van der Waals surface area contributed by atoms with E-state index in [1.807, 2.05) is 40.4 Å². The molecular weight excluding hydrogens is 496 g/mol. The van der Waals surface area contributed by atoms with Crippen LogP contribution >= 0.6 is 47.1 Å². The van der Waals surface area contributed by atoms with Crippen LogP contribution in [0.5, 0.6) is 0 Å². The Bertz CT molecular complexity index is 1310. The van der Waals surface area contributed by atoms with Crippen molar-refractivity contribution in [2.24, 2.45) is 0 Å². The third-order valence-electron chi connectivity index (χ3n) is 5.62. The summed E-state index contributed by atoms with van der Waals surface area (Å²) in [5, 5.41) is 9.94. The number of anilines is 2. The first-order valence-electron chi connectivity index (χ1n) is 9.97. The summed E-state index contributed by atoms with van der Waals surface area (Å²) in [6.45, 7) is 0. The van der Waals surface area contributed by atoms with Crippen LogP contribution in [0.25, 0.3) is 0 Å². The fraction of sp³-hybridized carbons (Fsp3) is 0.130. The highest BCUT2D eigenvalue weighted by molar-refractivity contribution is 7.78. The standard InChI is InChI=1S/C23H17ClN4O2S3/c24-16-5-2-1-4-15(16)20-17(29)12-23(28(31)21(20)30,14-8-10-32-13-14)18-6-3-7-19(26-18)27-22-25-9-11-33-22/h1-11,13,20,31H,12H2,(H,25,26,27). The molecule has 1 aliphatic rings. The molecule has 1 N–H and O–H groups in total. The second-order valence-corrected chi connectivity index (χ2v) is 9.97. The van der Waals surface area contributed by atoms with Crippen molar-refractivity contribution in [3.63, 3.8) is 0 Å². The summed E-state index contributed by atoms with van der Waals surface area (Å²) >= 11 is 13.9. The van der Waals surface area contributed by atoms with E-state index < -0.39 is 17.4 Å². The maximum atomic E-state index is 13.6. The van der Waals surface area contributed by atoms with Gasteiger partial charge in [0, 0.05) is 23.0 Å². The molecule has 2 unspecified atom stereocenters. The van der Waals surface area contributed by atoms with Gasteiger partial charge in [0.25, 0.3) is 0 Å². The minimum atomic E-state index is -1.16. The minimum Gasteiger partial charge on any atom is -0.316 e. The lowest BCUT2D eigenvalue weighted by atomic mass is 9.75. The van der Waals surface area contributed by atoms with Crippen molar-refractivity contribution in [3.8, 4) is 0 Å². The molecule has 1 saturated heterocycles.